The fraction of sp³-hybridized carbons (Fsp3) is 0.435. The second-order valence-corrected chi connectivity index (χ2v) is 8.00. The molecule has 0 aromatic heterocycles. The van der Waals surface area contributed by atoms with E-state index in [2.05, 4.69) is 21.9 Å². The molecular formula is C23H31N4O3+. The van der Waals surface area contributed by atoms with Gasteiger partial charge in [-0.3, -0.25) is 4.79 Å². The summed E-state index contributed by atoms with van der Waals surface area (Å²) in [6.45, 7) is 7.57. The largest absolute Gasteiger partial charge is 0.508 e. The minimum atomic E-state index is 0.255. The first kappa shape index (κ1) is 20.3. The summed E-state index contributed by atoms with van der Waals surface area (Å²) in [5, 5.41) is 9.45. The molecule has 2 aliphatic rings. The number of anilines is 2. The highest BCUT2D eigenvalue weighted by atomic mass is 16.5. The molecule has 2 aliphatic heterocycles. The molecule has 160 valence electrons. The van der Waals surface area contributed by atoms with Crippen molar-refractivity contribution in [3.8, 4) is 11.5 Å². The lowest BCUT2D eigenvalue weighted by atomic mass is 10.2. The molecule has 2 saturated heterocycles. The molecule has 7 heteroatoms. The summed E-state index contributed by atoms with van der Waals surface area (Å²) in [5.41, 5.74) is 2.28. The predicted octanol–water partition coefficient (Wildman–Crippen LogP) is 0.455. The lowest BCUT2D eigenvalue weighted by Gasteiger charge is -2.37. The van der Waals surface area contributed by atoms with Gasteiger partial charge in [-0.25, -0.2) is 0 Å². The maximum Gasteiger partial charge on any atom is 0.277 e. The minimum absolute atomic E-state index is 0.255. The summed E-state index contributed by atoms with van der Waals surface area (Å²) in [4.78, 5) is 20.8. The van der Waals surface area contributed by atoms with Crippen LogP contribution >= 0.6 is 0 Å². The molecule has 1 amide bonds. The van der Waals surface area contributed by atoms with E-state index in [0.29, 0.717) is 6.54 Å². The Morgan fingerprint density at radius 1 is 0.933 bits per heavy atom. The van der Waals surface area contributed by atoms with E-state index in [1.165, 1.54) is 10.6 Å². The van der Waals surface area contributed by atoms with Crippen molar-refractivity contribution < 1.29 is 19.5 Å². The average molecular weight is 412 g/mol. The zero-order valence-corrected chi connectivity index (χ0v) is 17.6. The van der Waals surface area contributed by atoms with Crippen molar-refractivity contribution in [2.45, 2.75) is 0 Å². The number of piperazine rings is 2. The van der Waals surface area contributed by atoms with Crippen LogP contribution in [0.25, 0.3) is 0 Å². The van der Waals surface area contributed by atoms with Gasteiger partial charge < -0.3 is 29.4 Å². The molecule has 2 heterocycles. The zero-order valence-electron chi connectivity index (χ0n) is 17.6. The zero-order chi connectivity index (χ0) is 20.9. The number of phenolic OH excluding ortho intramolecular Hbond substituents is 1. The van der Waals surface area contributed by atoms with Crippen LogP contribution < -0.4 is 19.4 Å². The Bertz CT molecular complexity index is 842. The number of quaternary nitrogens is 1. The first-order valence-electron chi connectivity index (χ1n) is 10.7. The van der Waals surface area contributed by atoms with Crippen LogP contribution in [-0.4, -0.2) is 81.9 Å². The number of phenols is 1. The summed E-state index contributed by atoms with van der Waals surface area (Å²) in [5.74, 6) is 1.41. The van der Waals surface area contributed by atoms with E-state index >= 15 is 0 Å². The number of nitrogens with zero attached hydrogens (tertiary/aromatic N) is 3. The van der Waals surface area contributed by atoms with Gasteiger partial charge in [0.2, 0.25) is 0 Å². The number of hydrogen-bond acceptors (Lipinski definition) is 5. The molecule has 0 radical (unpaired) electrons. The minimum Gasteiger partial charge on any atom is -0.508 e. The molecule has 2 fully saturated rings. The Morgan fingerprint density at radius 3 is 2.27 bits per heavy atom. The van der Waals surface area contributed by atoms with Gasteiger partial charge in [0.15, 0.2) is 6.54 Å². The van der Waals surface area contributed by atoms with Crippen LogP contribution in [0.3, 0.4) is 0 Å². The number of amides is 1. The number of aromatic hydroxyl groups is 1. The van der Waals surface area contributed by atoms with E-state index in [1.807, 2.05) is 29.2 Å². The highest BCUT2D eigenvalue weighted by molar-refractivity contribution is 5.77. The number of rotatable bonds is 5. The monoisotopic (exact) mass is 411 g/mol. The number of methoxy groups -OCH3 is 1. The molecule has 2 N–H and O–H groups in total. The Labute approximate surface area is 178 Å². The Hall–Kier alpha value is -2.93. The van der Waals surface area contributed by atoms with Gasteiger partial charge in [-0.15, -0.1) is 0 Å². The molecule has 0 spiro atoms. The maximum atomic E-state index is 12.8. The maximum absolute atomic E-state index is 12.8. The Balaban J connectivity index is 1.23. The Morgan fingerprint density at radius 2 is 1.60 bits per heavy atom. The molecule has 2 aromatic rings. The number of hydrogen-bond donors (Lipinski definition) is 2. The number of carbonyl (C=O) groups excluding carboxylic acids is 1. The third kappa shape index (κ3) is 4.79. The Kier molecular flexibility index (Phi) is 6.28. The fourth-order valence-corrected chi connectivity index (χ4v) is 4.27. The number of benzene rings is 2. The van der Waals surface area contributed by atoms with Crippen molar-refractivity contribution in [1.82, 2.24) is 4.90 Å². The third-order valence-corrected chi connectivity index (χ3v) is 6.14. The summed E-state index contributed by atoms with van der Waals surface area (Å²) < 4.78 is 5.33. The first-order chi connectivity index (χ1) is 14.6. The number of carbonyl (C=O) groups is 1. The van der Waals surface area contributed by atoms with Gasteiger partial charge >= 0.3 is 0 Å². The predicted molar refractivity (Wildman–Crippen MR) is 118 cm³/mol. The molecular weight excluding hydrogens is 380 g/mol. The number of nitrogens with one attached hydrogen (secondary N) is 1. The standard InChI is InChI=1S/C23H30N4O3/c1-30-22-4-2-3-20(17-22)26-11-9-24(10-12-26)18-23(29)27-15-13-25(14-16-27)19-5-7-21(28)8-6-19/h2-8,17,28H,9-16,18H2,1H3/p+1. The van der Waals surface area contributed by atoms with Gasteiger partial charge in [-0.1, -0.05) is 6.07 Å². The smallest absolute Gasteiger partial charge is 0.277 e. The van der Waals surface area contributed by atoms with Crippen molar-refractivity contribution >= 4 is 17.3 Å². The first-order valence-corrected chi connectivity index (χ1v) is 10.7. The van der Waals surface area contributed by atoms with Gasteiger partial charge in [0, 0.05) is 43.6 Å². The van der Waals surface area contributed by atoms with Crippen molar-refractivity contribution in [2.75, 3.05) is 75.8 Å². The topological polar surface area (TPSA) is 60.7 Å². The van der Waals surface area contributed by atoms with Gasteiger partial charge in [0.1, 0.15) is 11.5 Å². The van der Waals surface area contributed by atoms with Crippen LogP contribution in [0, 0.1) is 0 Å². The number of ether oxygens (including phenoxy) is 1. The van der Waals surface area contributed by atoms with E-state index in [0.717, 1.165) is 63.8 Å². The molecule has 0 bridgehead atoms. The van der Waals surface area contributed by atoms with Crippen molar-refractivity contribution in [3.63, 3.8) is 0 Å². The molecule has 0 atom stereocenters. The van der Waals surface area contributed by atoms with Gasteiger partial charge in [0.25, 0.3) is 5.91 Å². The summed E-state index contributed by atoms with van der Waals surface area (Å²) in [6, 6.07) is 15.5. The van der Waals surface area contributed by atoms with Crippen LogP contribution in [-0.2, 0) is 4.79 Å². The van der Waals surface area contributed by atoms with E-state index in [9.17, 15) is 9.90 Å². The molecule has 0 unspecified atom stereocenters. The SMILES string of the molecule is COc1cccc(N2CC[NH+](CC(=O)N3CCN(c4ccc(O)cc4)CC3)CC2)c1. The normalized spacial score (nSPS) is 17.8. The van der Waals surface area contributed by atoms with Crippen LogP contribution in [0.2, 0.25) is 0 Å². The second kappa shape index (κ2) is 9.26. The van der Waals surface area contributed by atoms with Gasteiger partial charge in [-0.2, -0.15) is 0 Å². The molecule has 0 aliphatic carbocycles. The summed E-state index contributed by atoms with van der Waals surface area (Å²) >= 11 is 0. The third-order valence-electron chi connectivity index (χ3n) is 6.14. The molecule has 0 saturated carbocycles. The van der Waals surface area contributed by atoms with Crippen molar-refractivity contribution in [2.24, 2.45) is 0 Å². The van der Waals surface area contributed by atoms with Crippen LogP contribution in [0.4, 0.5) is 11.4 Å². The second-order valence-electron chi connectivity index (χ2n) is 8.00. The average Bonchev–Trinajstić information content (AvgIpc) is 2.80. The molecule has 4 rings (SSSR count). The van der Waals surface area contributed by atoms with E-state index < -0.39 is 0 Å². The lowest BCUT2D eigenvalue weighted by molar-refractivity contribution is -0.892. The molecule has 2 aromatic carbocycles. The van der Waals surface area contributed by atoms with Crippen molar-refractivity contribution in [3.05, 3.63) is 48.5 Å². The molecule has 30 heavy (non-hydrogen) atoms. The quantitative estimate of drug-likeness (QED) is 0.749. The van der Waals surface area contributed by atoms with E-state index in [4.69, 9.17) is 4.74 Å². The van der Waals surface area contributed by atoms with E-state index in [1.54, 1.807) is 19.2 Å². The van der Waals surface area contributed by atoms with Gasteiger partial charge in [-0.05, 0) is 36.4 Å². The highest BCUT2D eigenvalue weighted by Gasteiger charge is 2.27. The highest BCUT2D eigenvalue weighted by Crippen LogP contribution is 2.21. The molecule has 7 nitrogen and oxygen atoms in total. The van der Waals surface area contributed by atoms with Crippen LogP contribution in [0.15, 0.2) is 48.5 Å². The van der Waals surface area contributed by atoms with Gasteiger partial charge in [0.05, 0.1) is 33.3 Å². The summed E-state index contributed by atoms with van der Waals surface area (Å²) in [6.07, 6.45) is 0. The van der Waals surface area contributed by atoms with E-state index in [-0.39, 0.29) is 11.7 Å². The van der Waals surface area contributed by atoms with Crippen LogP contribution in [0.5, 0.6) is 11.5 Å². The lowest BCUT2D eigenvalue weighted by Crippen LogP contribution is -3.16. The van der Waals surface area contributed by atoms with Crippen LogP contribution in [0.1, 0.15) is 0 Å². The fourth-order valence-electron chi connectivity index (χ4n) is 4.27. The van der Waals surface area contributed by atoms with Crippen molar-refractivity contribution in [1.29, 1.82) is 0 Å². The summed E-state index contributed by atoms with van der Waals surface area (Å²) in [7, 11) is 1.69.